The summed E-state index contributed by atoms with van der Waals surface area (Å²) < 4.78 is 13.6. The van der Waals surface area contributed by atoms with Crippen molar-refractivity contribution in [3.05, 3.63) is 47.8 Å². The first-order valence-electron chi connectivity index (χ1n) is 6.35. The number of hydrogen-bond acceptors (Lipinski definition) is 4. The lowest BCUT2D eigenvalue weighted by molar-refractivity contribution is 0.559. The molecule has 19 heavy (non-hydrogen) atoms. The van der Waals surface area contributed by atoms with Gasteiger partial charge in [0.15, 0.2) is 5.82 Å². The van der Waals surface area contributed by atoms with Crippen molar-refractivity contribution in [3.8, 4) is 0 Å². The van der Waals surface area contributed by atoms with E-state index < -0.39 is 0 Å². The minimum atomic E-state index is -0.380. The van der Waals surface area contributed by atoms with E-state index >= 15 is 0 Å². The van der Waals surface area contributed by atoms with Crippen molar-refractivity contribution in [1.29, 1.82) is 0 Å². The van der Waals surface area contributed by atoms with Crippen molar-refractivity contribution in [2.45, 2.75) is 39.0 Å². The van der Waals surface area contributed by atoms with Crippen molar-refractivity contribution >= 4 is 0 Å². The van der Waals surface area contributed by atoms with E-state index in [4.69, 9.17) is 0 Å². The Kier molecular flexibility index (Phi) is 4.14. The first-order valence-corrected chi connectivity index (χ1v) is 6.35. The molecule has 0 spiro atoms. The largest absolute Gasteiger partial charge is 0.242 e. The number of rotatable bonds is 4. The topological polar surface area (TPSA) is 51.6 Å². The minimum absolute atomic E-state index is 0.0783. The third-order valence-corrected chi connectivity index (χ3v) is 2.97. The van der Waals surface area contributed by atoms with Gasteiger partial charge in [0, 0.05) is 24.2 Å². The first kappa shape index (κ1) is 13.5. The van der Waals surface area contributed by atoms with E-state index in [0.717, 1.165) is 11.5 Å². The highest BCUT2D eigenvalue weighted by molar-refractivity contribution is 5.12. The molecule has 0 radical (unpaired) electrons. The van der Waals surface area contributed by atoms with Gasteiger partial charge in [-0.2, -0.15) is 0 Å². The van der Waals surface area contributed by atoms with Gasteiger partial charge in [-0.1, -0.05) is 20.8 Å². The van der Waals surface area contributed by atoms with Crippen molar-refractivity contribution < 1.29 is 4.39 Å². The predicted molar refractivity (Wildman–Crippen MR) is 70.2 cm³/mol. The van der Waals surface area contributed by atoms with Crippen LogP contribution in [0.1, 0.15) is 49.8 Å². The van der Waals surface area contributed by atoms with E-state index in [1.54, 1.807) is 6.20 Å². The highest BCUT2D eigenvalue weighted by Gasteiger charge is 2.15. The highest BCUT2D eigenvalue weighted by Crippen LogP contribution is 2.19. The van der Waals surface area contributed by atoms with Crippen molar-refractivity contribution in [2.75, 3.05) is 0 Å². The molecule has 0 aliphatic rings. The molecule has 1 atom stereocenters. The van der Waals surface area contributed by atoms with Crippen LogP contribution in [0, 0.1) is 5.82 Å². The van der Waals surface area contributed by atoms with Gasteiger partial charge in [0.2, 0.25) is 0 Å². The Balaban J connectivity index is 2.17. The second-order valence-corrected chi connectivity index (χ2v) is 4.91. The summed E-state index contributed by atoms with van der Waals surface area (Å²) in [6, 6.07) is 1.91. The average Bonchev–Trinajstić information content (AvgIpc) is 2.39. The third kappa shape index (κ3) is 3.30. The lowest BCUT2D eigenvalue weighted by Gasteiger charge is -2.11. The summed E-state index contributed by atoms with van der Waals surface area (Å²) >= 11 is 0. The van der Waals surface area contributed by atoms with Gasteiger partial charge in [0.25, 0.3) is 0 Å². The Morgan fingerprint density at radius 3 is 2.68 bits per heavy atom. The summed E-state index contributed by atoms with van der Waals surface area (Å²) in [6.45, 7) is 6.08. The number of nitrogens with zero attached hydrogens (tertiary/aromatic N) is 4. The molecule has 5 heteroatoms. The Morgan fingerprint density at radius 1 is 1.21 bits per heavy atom. The molecule has 2 rings (SSSR count). The van der Waals surface area contributed by atoms with Crippen LogP contribution in [0.15, 0.2) is 24.8 Å². The van der Waals surface area contributed by atoms with Crippen LogP contribution in [0.5, 0.6) is 0 Å². The van der Waals surface area contributed by atoms with E-state index in [-0.39, 0.29) is 11.7 Å². The van der Waals surface area contributed by atoms with Crippen LogP contribution in [0.25, 0.3) is 0 Å². The second kappa shape index (κ2) is 5.82. The van der Waals surface area contributed by atoms with Crippen molar-refractivity contribution in [2.24, 2.45) is 0 Å². The monoisotopic (exact) mass is 260 g/mol. The number of hydrogen-bond donors (Lipinski definition) is 0. The summed E-state index contributed by atoms with van der Waals surface area (Å²) in [5, 5.41) is 0. The van der Waals surface area contributed by atoms with Gasteiger partial charge in [0.1, 0.15) is 12.2 Å². The molecule has 0 saturated heterocycles. The van der Waals surface area contributed by atoms with E-state index in [2.05, 4.69) is 33.8 Å². The minimum Gasteiger partial charge on any atom is -0.242 e. The SMILES string of the molecule is CC(C)c1ccnc(CC(C)c2ncncc2F)n1. The molecular weight excluding hydrogens is 243 g/mol. The summed E-state index contributed by atoms with van der Waals surface area (Å²) in [5.41, 5.74) is 1.41. The quantitative estimate of drug-likeness (QED) is 0.848. The molecule has 0 fully saturated rings. The average molecular weight is 260 g/mol. The van der Waals surface area contributed by atoms with E-state index in [9.17, 15) is 4.39 Å². The molecule has 1 unspecified atom stereocenters. The molecule has 0 aliphatic heterocycles. The van der Waals surface area contributed by atoms with E-state index in [1.165, 1.54) is 12.5 Å². The summed E-state index contributed by atoms with van der Waals surface area (Å²) in [5.74, 6) is 0.616. The van der Waals surface area contributed by atoms with Crippen LogP contribution >= 0.6 is 0 Å². The molecule has 0 aliphatic carbocycles. The van der Waals surface area contributed by atoms with Gasteiger partial charge in [-0.05, 0) is 12.0 Å². The van der Waals surface area contributed by atoms with Crippen LogP contribution < -0.4 is 0 Å². The Hall–Kier alpha value is -1.91. The van der Waals surface area contributed by atoms with Crippen LogP contribution in [-0.4, -0.2) is 19.9 Å². The molecule has 0 saturated carbocycles. The Labute approximate surface area is 112 Å². The summed E-state index contributed by atoms with van der Waals surface area (Å²) in [6.07, 6.45) is 4.86. The zero-order chi connectivity index (χ0) is 13.8. The molecule has 2 aromatic rings. The van der Waals surface area contributed by atoms with Crippen LogP contribution in [-0.2, 0) is 6.42 Å². The third-order valence-electron chi connectivity index (χ3n) is 2.97. The smallest absolute Gasteiger partial charge is 0.163 e. The molecule has 0 aromatic carbocycles. The van der Waals surface area contributed by atoms with Crippen molar-refractivity contribution in [1.82, 2.24) is 19.9 Å². The zero-order valence-corrected chi connectivity index (χ0v) is 11.3. The summed E-state index contributed by atoms with van der Waals surface area (Å²) in [7, 11) is 0. The lowest BCUT2D eigenvalue weighted by Crippen LogP contribution is -2.08. The molecule has 4 nitrogen and oxygen atoms in total. The number of aromatic nitrogens is 4. The van der Waals surface area contributed by atoms with E-state index in [0.29, 0.717) is 18.0 Å². The molecular formula is C14H17FN4. The first-order chi connectivity index (χ1) is 9.08. The Morgan fingerprint density at radius 2 is 2.00 bits per heavy atom. The summed E-state index contributed by atoms with van der Waals surface area (Å²) in [4.78, 5) is 16.4. The fraction of sp³-hybridized carbons (Fsp3) is 0.429. The van der Waals surface area contributed by atoms with Crippen LogP contribution in [0.2, 0.25) is 0 Å². The fourth-order valence-electron chi connectivity index (χ4n) is 1.89. The zero-order valence-electron chi connectivity index (χ0n) is 11.3. The van der Waals surface area contributed by atoms with Gasteiger partial charge < -0.3 is 0 Å². The number of halogens is 1. The highest BCUT2D eigenvalue weighted by atomic mass is 19.1. The van der Waals surface area contributed by atoms with Crippen molar-refractivity contribution in [3.63, 3.8) is 0 Å². The fourth-order valence-corrected chi connectivity index (χ4v) is 1.89. The maximum Gasteiger partial charge on any atom is 0.163 e. The lowest BCUT2D eigenvalue weighted by atomic mass is 10.0. The standard InChI is InChI=1S/C14H17FN4/c1-9(2)12-4-5-17-13(19-12)6-10(3)14-11(15)7-16-8-18-14/h4-5,7-10H,6H2,1-3H3. The van der Waals surface area contributed by atoms with Gasteiger partial charge in [0.05, 0.1) is 11.9 Å². The maximum atomic E-state index is 13.6. The molecule has 0 N–H and O–H groups in total. The normalized spacial score (nSPS) is 12.7. The van der Waals surface area contributed by atoms with Crippen LogP contribution in [0.3, 0.4) is 0 Å². The molecule has 2 aromatic heterocycles. The molecule has 0 amide bonds. The Bertz CT molecular complexity index is 557. The van der Waals surface area contributed by atoms with Crippen LogP contribution in [0.4, 0.5) is 4.39 Å². The maximum absolute atomic E-state index is 13.6. The molecule has 0 bridgehead atoms. The molecule has 100 valence electrons. The van der Waals surface area contributed by atoms with Gasteiger partial charge >= 0.3 is 0 Å². The predicted octanol–water partition coefficient (Wildman–Crippen LogP) is 2.88. The molecule has 2 heterocycles. The van der Waals surface area contributed by atoms with Gasteiger partial charge in [-0.15, -0.1) is 0 Å². The van der Waals surface area contributed by atoms with Gasteiger partial charge in [-0.25, -0.2) is 24.3 Å². The van der Waals surface area contributed by atoms with E-state index in [1.807, 2.05) is 13.0 Å². The second-order valence-electron chi connectivity index (χ2n) is 4.91. The van der Waals surface area contributed by atoms with Gasteiger partial charge in [-0.3, -0.25) is 0 Å².